The molecule has 2 heterocycles. The number of hydrogen-bond donors (Lipinski definition) is 3. The molecule has 3 N–H and O–H groups in total. The number of amides is 2. The Morgan fingerprint density at radius 2 is 1.73 bits per heavy atom. The van der Waals surface area contributed by atoms with Crippen LogP contribution in [0.4, 0.5) is 0 Å². The van der Waals surface area contributed by atoms with Gasteiger partial charge in [-0.2, -0.15) is 0 Å². The van der Waals surface area contributed by atoms with E-state index in [1.165, 1.54) is 0 Å². The number of hydrogen-bond acceptors (Lipinski definition) is 5. The molecule has 0 spiro atoms. The maximum absolute atomic E-state index is 12.8. The zero-order chi connectivity index (χ0) is 21.4. The zero-order valence-corrected chi connectivity index (χ0v) is 16.7. The quantitative estimate of drug-likeness (QED) is 0.542. The van der Waals surface area contributed by atoms with Gasteiger partial charge in [-0.3, -0.25) is 14.9 Å². The third-order valence-electron chi connectivity index (χ3n) is 5.29. The average Bonchev–Trinajstić information content (AvgIpc) is 3.22. The van der Waals surface area contributed by atoms with E-state index in [4.69, 9.17) is 9.84 Å². The first-order valence-corrected chi connectivity index (χ1v) is 9.58. The van der Waals surface area contributed by atoms with Gasteiger partial charge >= 0.3 is 0 Å². The van der Waals surface area contributed by atoms with Crippen LogP contribution in [0.5, 0.6) is 5.75 Å². The molecule has 2 aromatic carbocycles. The molecule has 0 aliphatic carbocycles. The lowest BCUT2D eigenvalue weighted by Gasteiger charge is -2.15. The SMILES string of the molecule is Cc1c(OC[C@H](O)CO)cccc1C1=C(c2cn(C)c3ccccc23)C(=O)NC1=O. The van der Waals surface area contributed by atoms with Crippen molar-refractivity contribution in [1.82, 2.24) is 9.88 Å². The van der Waals surface area contributed by atoms with Gasteiger partial charge in [0.2, 0.25) is 0 Å². The second-order valence-electron chi connectivity index (χ2n) is 7.28. The lowest BCUT2D eigenvalue weighted by Crippen LogP contribution is -2.23. The van der Waals surface area contributed by atoms with Gasteiger partial charge in [-0.05, 0) is 30.2 Å². The number of imide groups is 1. The molecule has 0 saturated carbocycles. The number of nitrogens with zero attached hydrogens (tertiary/aromatic N) is 1. The molecule has 0 fully saturated rings. The number of carbonyl (C=O) groups is 2. The van der Waals surface area contributed by atoms with Crippen molar-refractivity contribution >= 4 is 33.9 Å². The Balaban J connectivity index is 1.88. The molecule has 0 saturated heterocycles. The Hall–Kier alpha value is -3.42. The molecular formula is C23H22N2O5. The predicted molar refractivity (Wildman–Crippen MR) is 113 cm³/mol. The van der Waals surface area contributed by atoms with Crippen LogP contribution in [0.3, 0.4) is 0 Å². The zero-order valence-electron chi connectivity index (χ0n) is 16.7. The van der Waals surface area contributed by atoms with Crippen LogP contribution in [-0.4, -0.2) is 45.9 Å². The van der Waals surface area contributed by atoms with E-state index >= 15 is 0 Å². The number of rotatable bonds is 6. The first-order chi connectivity index (χ1) is 14.4. The molecule has 1 aliphatic rings. The highest BCUT2D eigenvalue weighted by Gasteiger charge is 2.34. The third-order valence-corrected chi connectivity index (χ3v) is 5.29. The van der Waals surface area contributed by atoms with Crippen molar-refractivity contribution in [2.24, 2.45) is 7.05 Å². The van der Waals surface area contributed by atoms with Crippen molar-refractivity contribution in [3.05, 3.63) is 65.4 Å². The van der Waals surface area contributed by atoms with Crippen LogP contribution < -0.4 is 10.1 Å². The fraction of sp³-hybridized carbons (Fsp3) is 0.217. The van der Waals surface area contributed by atoms with Crippen molar-refractivity contribution in [1.29, 1.82) is 0 Å². The summed E-state index contributed by atoms with van der Waals surface area (Å²) in [6.07, 6.45) is 0.848. The van der Waals surface area contributed by atoms with Gasteiger partial charge in [0, 0.05) is 29.7 Å². The molecule has 30 heavy (non-hydrogen) atoms. The lowest BCUT2D eigenvalue weighted by atomic mass is 9.93. The Morgan fingerprint density at radius 3 is 2.47 bits per heavy atom. The summed E-state index contributed by atoms with van der Waals surface area (Å²) in [4.78, 5) is 25.6. The second-order valence-corrected chi connectivity index (χ2v) is 7.28. The van der Waals surface area contributed by atoms with Crippen molar-refractivity contribution < 1.29 is 24.5 Å². The monoisotopic (exact) mass is 406 g/mol. The summed E-state index contributed by atoms with van der Waals surface area (Å²) in [5.41, 5.74) is 3.51. The van der Waals surface area contributed by atoms with Crippen LogP contribution in [-0.2, 0) is 16.6 Å². The number of aryl methyl sites for hydroxylation is 1. The number of benzene rings is 2. The van der Waals surface area contributed by atoms with Crippen LogP contribution in [0.1, 0.15) is 16.7 Å². The number of ether oxygens (including phenoxy) is 1. The maximum Gasteiger partial charge on any atom is 0.259 e. The second kappa shape index (κ2) is 7.78. The summed E-state index contributed by atoms with van der Waals surface area (Å²) in [6.45, 7) is 1.30. The van der Waals surface area contributed by atoms with Gasteiger partial charge in [0.1, 0.15) is 18.5 Å². The van der Waals surface area contributed by atoms with Gasteiger partial charge in [0.05, 0.1) is 17.8 Å². The predicted octanol–water partition coefficient (Wildman–Crippen LogP) is 1.79. The van der Waals surface area contributed by atoms with E-state index in [9.17, 15) is 14.7 Å². The van der Waals surface area contributed by atoms with Crippen LogP contribution >= 0.6 is 0 Å². The van der Waals surface area contributed by atoms with Crippen molar-refractivity contribution in [2.45, 2.75) is 13.0 Å². The standard InChI is InChI=1S/C23H22N2O5/c1-13-15(7-5-9-19(13)30-12-14(27)11-26)20-21(23(29)24-22(20)28)17-10-25(2)18-8-4-3-6-16(17)18/h3-10,14,26-27H,11-12H2,1-2H3,(H,24,28,29)/t14-/m1/s1. The Bertz CT molecular complexity index is 1190. The number of para-hydroxylation sites is 1. The number of fused-ring (bicyclic) bond motifs is 1. The maximum atomic E-state index is 12.8. The molecule has 2 amide bonds. The molecule has 1 aromatic heterocycles. The first kappa shape index (κ1) is 19.9. The van der Waals surface area contributed by atoms with Crippen LogP contribution in [0, 0.1) is 6.92 Å². The Kier molecular flexibility index (Phi) is 5.15. The fourth-order valence-electron chi connectivity index (χ4n) is 3.79. The minimum Gasteiger partial charge on any atom is -0.491 e. The summed E-state index contributed by atoms with van der Waals surface area (Å²) in [5, 5.41) is 21.9. The van der Waals surface area contributed by atoms with E-state index < -0.39 is 24.5 Å². The highest BCUT2D eigenvalue weighted by atomic mass is 16.5. The number of aliphatic hydroxyl groups excluding tert-OH is 2. The summed E-state index contributed by atoms with van der Waals surface area (Å²) in [7, 11) is 1.90. The largest absolute Gasteiger partial charge is 0.491 e. The van der Waals surface area contributed by atoms with E-state index in [0.29, 0.717) is 33.6 Å². The molecule has 4 rings (SSSR count). The molecular weight excluding hydrogens is 384 g/mol. The molecule has 7 heteroatoms. The highest BCUT2D eigenvalue weighted by molar-refractivity contribution is 6.50. The van der Waals surface area contributed by atoms with E-state index in [1.807, 2.05) is 42.1 Å². The Labute approximate surface area is 173 Å². The van der Waals surface area contributed by atoms with E-state index in [1.54, 1.807) is 25.1 Å². The van der Waals surface area contributed by atoms with Gasteiger partial charge in [-0.15, -0.1) is 0 Å². The first-order valence-electron chi connectivity index (χ1n) is 9.58. The van der Waals surface area contributed by atoms with Gasteiger partial charge in [-0.25, -0.2) is 0 Å². The third kappa shape index (κ3) is 3.28. The number of aromatic nitrogens is 1. The molecule has 0 bridgehead atoms. The van der Waals surface area contributed by atoms with Gasteiger partial charge < -0.3 is 19.5 Å². The molecule has 0 unspecified atom stereocenters. The van der Waals surface area contributed by atoms with Crippen molar-refractivity contribution in [2.75, 3.05) is 13.2 Å². The minimum atomic E-state index is -1.00. The molecule has 1 aliphatic heterocycles. The van der Waals surface area contributed by atoms with E-state index in [-0.39, 0.29) is 6.61 Å². The molecule has 154 valence electrons. The van der Waals surface area contributed by atoms with E-state index in [2.05, 4.69) is 5.32 Å². The fourth-order valence-corrected chi connectivity index (χ4v) is 3.79. The number of carbonyl (C=O) groups excluding carboxylic acids is 2. The van der Waals surface area contributed by atoms with Gasteiger partial charge in [0.15, 0.2) is 0 Å². The minimum absolute atomic E-state index is 0.0822. The highest BCUT2D eigenvalue weighted by Crippen LogP contribution is 2.38. The van der Waals surface area contributed by atoms with Gasteiger partial charge in [0.25, 0.3) is 11.8 Å². The molecule has 3 aromatic rings. The van der Waals surface area contributed by atoms with Gasteiger partial charge in [-0.1, -0.05) is 30.3 Å². The smallest absolute Gasteiger partial charge is 0.259 e. The molecule has 1 atom stereocenters. The summed E-state index contributed by atoms with van der Waals surface area (Å²) >= 11 is 0. The normalized spacial score (nSPS) is 15.1. The molecule has 7 nitrogen and oxygen atoms in total. The number of nitrogens with one attached hydrogen (secondary N) is 1. The summed E-state index contributed by atoms with van der Waals surface area (Å²) in [5.74, 6) is -0.428. The van der Waals surface area contributed by atoms with E-state index in [0.717, 1.165) is 10.9 Å². The van der Waals surface area contributed by atoms with Crippen LogP contribution in [0.2, 0.25) is 0 Å². The van der Waals surface area contributed by atoms with Crippen molar-refractivity contribution in [3.8, 4) is 5.75 Å². The van der Waals surface area contributed by atoms with Crippen LogP contribution in [0.25, 0.3) is 22.0 Å². The summed E-state index contributed by atoms with van der Waals surface area (Å²) in [6, 6.07) is 12.9. The Morgan fingerprint density at radius 1 is 1.03 bits per heavy atom. The molecule has 0 radical (unpaired) electrons. The van der Waals surface area contributed by atoms with Crippen molar-refractivity contribution in [3.63, 3.8) is 0 Å². The summed E-state index contributed by atoms with van der Waals surface area (Å²) < 4.78 is 7.54. The number of aliphatic hydroxyl groups is 2. The topological polar surface area (TPSA) is 101 Å². The average molecular weight is 406 g/mol. The van der Waals surface area contributed by atoms with Crippen LogP contribution in [0.15, 0.2) is 48.7 Å². The lowest BCUT2D eigenvalue weighted by molar-refractivity contribution is -0.122.